The third-order valence-corrected chi connectivity index (χ3v) is 6.52. The molecule has 3 rings (SSSR count). The van der Waals surface area contributed by atoms with E-state index in [1.54, 1.807) is 17.7 Å². The van der Waals surface area contributed by atoms with Crippen LogP contribution in [0.25, 0.3) is 11.1 Å². The van der Waals surface area contributed by atoms with Gasteiger partial charge in [0.1, 0.15) is 5.75 Å². The van der Waals surface area contributed by atoms with Gasteiger partial charge >= 0.3 is 6.36 Å². The van der Waals surface area contributed by atoms with Gasteiger partial charge in [0.05, 0.1) is 17.1 Å². The molecule has 0 bridgehead atoms. The van der Waals surface area contributed by atoms with E-state index in [-0.39, 0.29) is 22.2 Å². The highest BCUT2D eigenvalue weighted by molar-refractivity contribution is 7.89. The summed E-state index contributed by atoms with van der Waals surface area (Å²) in [4.78, 5) is 2.14. The molecule has 0 aliphatic heterocycles. The van der Waals surface area contributed by atoms with Crippen molar-refractivity contribution in [3.63, 3.8) is 0 Å². The van der Waals surface area contributed by atoms with Crippen LogP contribution in [0.4, 0.5) is 13.2 Å². The summed E-state index contributed by atoms with van der Waals surface area (Å²) < 4.78 is 73.9. The Kier molecular flexibility index (Phi) is 6.46. The van der Waals surface area contributed by atoms with E-state index in [2.05, 4.69) is 4.74 Å². The monoisotopic (exact) mass is 475 g/mol. The number of nitrogens with zero attached hydrogens (tertiary/aromatic N) is 3. The molecule has 0 unspecified atom stereocenters. The van der Waals surface area contributed by atoms with Crippen molar-refractivity contribution in [1.29, 1.82) is 0 Å². The van der Waals surface area contributed by atoms with Crippen molar-refractivity contribution in [2.45, 2.75) is 24.5 Å². The molecule has 7 nitrogen and oxygen atoms in total. The number of halogens is 3. The minimum Gasteiger partial charge on any atom is -0.429 e. The normalized spacial score (nSPS) is 12.8. The predicted molar refractivity (Wildman–Crippen MR) is 111 cm³/mol. The fourth-order valence-corrected chi connectivity index (χ4v) is 4.11. The Balaban J connectivity index is 1.81. The summed E-state index contributed by atoms with van der Waals surface area (Å²) in [5.74, 6) is -0.295. The second kappa shape index (κ2) is 8.61. The lowest BCUT2D eigenvalue weighted by molar-refractivity contribution is -0.274. The van der Waals surface area contributed by atoms with Gasteiger partial charge < -0.3 is 9.15 Å². The first-order valence-corrected chi connectivity index (χ1v) is 10.8. The van der Waals surface area contributed by atoms with Crippen LogP contribution < -0.4 is 4.74 Å². The molecule has 168 valence electrons. The second-order valence-electron chi connectivity index (χ2n) is 7.06. The van der Waals surface area contributed by atoms with E-state index in [0.29, 0.717) is 17.6 Å². The lowest BCUT2D eigenvalue weighted by Crippen LogP contribution is -2.23. The molecule has 0 amide bonds. The lowest BCUT2D eigenvalue weighted by Gasteiger charge is -2.18. The molecule has 1 aromatic heterocycles. The summed E-state index contributed by atoms with van der Waals surface area (Å²) in [6.07, 6.45) is -4.74. The van der Waals surface area contributed by atoms with Gasteiger partial charge in [-0.2, -0.15) is 0 Å². The number of fused-ring (bicyclic) bond motifs is 1. The molecule has 0 spiro atoms. The molecule has 0 aliphatic rings. The first kappa shape index (κ1) is 23.3. The first-order valence-electron chi connectivity index (χ1n) is 8.96. The van der Waals surface area contributed by atoms with Crippen LogP contribution in [-0.2, 0) is 23.2 Å². The van der Waals surface area contributed by atoms with Crippen molar-refractivity contribution in [3.8, 4) is 5.75 Å². The van der Waals surface area contributed by atoms with E-state index < -0.39 is 16.4 Å². The maximum absolute atomic E-state index is 12.4. The van der Waals surface area contributed by atoms with Gasteiger partial charge in [-0.25, -0.2) is 12.7 Å². The van der Waals surface area contributed by atoms with Crippen molar-refractivity contribution in [2.24, 2.45) is 0 Å². The summed E-state index contributed by atoms with van der Waals surface area (Å²) in [6.45, 7) is 0.675. The Morgan fingerprint density at radius 2 is 1.74 bits per heavy atom. The molecular weight excluding hydrogens is 455 g/mol. The highest BCUT2D eigenvalue weighted by Gasteiger charge is 2.31. The van der Waals surface area contributed by atoms with Crippen LogP contribution >= 0.6 is 12.2 Å². The molecule has 0 fully saturated rings. The molecule has 0 radical (unpaired) electrons. The van der Waals surface area contributed by atoms with Crippen LogP contribution in [0.1, 0.15) is 5.56 Å². The van der Waals surface area contributed by atoms with Gasteiger partial charge in [-0.3, -0.25) is 9.47 Å². The summed E-state index contributed by atoms with van der Waals surface area (Å²) in [5.41, 5.74) is 1.73. The number of benzene rings is 2. The lowest BCUT2D eigenvalue weighted by atomic mass is 10.2. The molecule has 3 aromatic rings. The summed E-state index contributed by atoms with van der Waals surface area (Å²) in [6, 6.07) is 10.1. The minimum absolute atomic E-state index is 0.109. The number of oxazole rings is 1. The van der Waals surface area contributed by atoms with Crippen LogP contribution in [0.3, 0.4) is 0 Å². The quantitative estimate of drug-likeness (QED) is 0.477. The topological polar surface area (TPSA) is 67.9 Å². The number of alkyl halides is 3. The molecule has 0 aliphatic carbocycles. The van der Waals surface area contributed by atoms with Gasteiger partial charge in [0, 0.05) is 20.6 Å². The SMILES string of the molecule is CN(Cc1ccc(OC(F)(F)F)cc1)Cn1c(=S)oc2ccc(S(=O)(=O)N(C)C)cc21. The molecule has 0 atom stereocenters. The van der Waals surface area contributed by atoms with E-state index in [0.717, 1.165) is 9.87 Å². The van der Waals surface area contributed by atoms with Gasteiger partial charge in [0.15, 0.2) is 5.58 Å². The average Bonchev–Trinajstić information content (AvgIpc) is 2.96. The van der Waals surface area contributed by atoms with Crippen molar-refractivity contribution < 1.29 is 30.7 Å². The Morgan fingerprint density at radius 3 is 2.32 bits per heavy atom. The van der Waals surface area contributed by atoms with Gasteiger partial charge in [0.2, 0.25) is 10.0 Å². The Morgan fingerprint density at radius 1 is 1.10 bits per heavy atom. The van der Waals surface area contributed by atoms with Gasteiger partial charge in [-0.05, 0) is 55.2 Å². The van der Waals surface area contributed by atoms with Crippen LogP contribution in [0, 0.1) is 4.84 Å². The third-order valence-electron chi connectivity index (χ3n) is 4.41. The van der Waals surface area contributed by atoms with E-state index in [1.807, 2.05) is 4.90 Å². The van der Waals surface area contributed by atoms with Gasteiger partial charge in [-0.15, -0.1) is 13.2 Å². The number of sulfonamides is 1. The summed E-state index contributed by atoms with van der Waals surface area (Å²) in [5, 5.41) is 0. The average molecular weight is 476 g/mol. The predicted octanol–water partition coefficient (Wildman–Crippen LogP) is 4.20. The molecule has 2 aromatic carbocycles. The fourth-order valence-electron chi connectivity index (χ4n) is 2.95. The zero-order valence-corrected chi connectivity index (χ0v) is 18.5. The Bertz CT molecular complexity index is 1230. The van der Waals surface area contributed by atoms with E-state index >= 15 is 0 Å². The van der Waals surface area contributed by atoms with Crippen molar-refractivity contribution >= 4 is 33.3 Å². The number of hydrogen-bond acceptors (Lipinski definition) is 6. The van der Waals surface area contributed by atoms with Crippen LogP contribution in [-0.4, -0.2) is 49.7 Å². The molecule has 1 heterocycles. The number of ether oxygens (including phenoxy) is 1. The number of rotatable bonds is 7. The van der Waals surface area contributed by atoms with Crippen LogP contribution in [0.15, 0.2) is 51.8 Å². The summed E-state index contributed by atoms with van der Waals surface area (Å²) in [7, 11) is 1.05. The van der Waals surface area contributed by atoms with Crippen LogP contribution in [0.5, 0.6) is 5.75 Å². The van der Waals surface area contributed by atoms with Crippen molar-refractivity contribution in [3.05, 3.63) is 52.9 Å². The molecule has 0 saturated carbocycles. The largest absolute Gasteiger partial charge is 0.573 e. The fraction of sp³-hybridized carbons (Fsp3) is 0.316. The van der Waals surface area contributed by atoms with Crippen molar-refractivity contribution in [1.82, 2.24) is 13.8 Å². The van der Waals surface area contributed by atoms with Crippen LogP contribution in [0.2, 0.25) is 0 Å². The Hall–Kier alpha value is -2.41. The van der Waals surface area contributed by atoms with E-state index in [9.17, 15) is 21.6 Å². The zero-order valence-electron chi connectivity index (χ0n) is 16.9. The van der Waals surface area contributed by atoms with Gasteiger partial charge in [-0.1, -0.05) is 12.1 Å². The maximum atomic E-state index is 12.4. The molecular formula is C19H20F3N3O4S2. The van der Waals surface area contributed by atoms with Gasteiger partial charge in [0.25, 0.3) is 4.84 Å². The maximum Gasteiger partial charge on any atom is 0.573 e. The van der Waals surface area contributed by atoms with Crippen molar-refractivity contribution in [2.75, 3.05) is 21.1 Å². The van der Waals surface area contributed by atoms with E-state index in [4.69, 9.17) is 16.6 Å². The zero-order chi connectivity index (χ0) is 23.0. The highest BCUT2D eigenvalue weighted by atomic mass is 32.2. The molecule has 0 saturated heterocycles. The number of aromatic nitrogens is 1. The minimum atomic E-state index is -4.74. The standard InChI is InChI=1S/C19H20F3N3O4S2/c1-23(2)31(26,27)15-8-9-17-16(10-15)25(18(30)28-17)12-24(3)11-13-4-6-14(7-5-13)29-19(20,21)22/h4-10H,11-12H2,1-3H3. The smallest absolute Gasteiger partial charge is 0.429 e. The van der Waals surface area contributed by atoms with E-state index in [1.165, 1.54) is 50.5 Å². The molecule has 31 heavy (non-hydrogen) atoms. The molecule has 12 heteroatoms. The molecule has 0 N–H and O–H groups in total. The summed E-state index contributed by atoms with van der Waals surface area (Å²) >= 11 is 5.28. The Labute approximate surface area is 182 Å². The second-order valence-corrected chi connectivity index (χ2v) is 9.56. The first-order chi connectivity index (χ1) is 14.4. The number of hydrogen-bond donors (Lipinski definition) is 0. The third kappa shape index (κ3) is 5.45. The highest BCUT2D eigenvalue weighted by Crippen LogP contribution is 2.25.